The molecule has 6 heterocycles. The Labute approximate surface area is 309 Å². The number of carbonyl (C=O) groups is 1. The average molecular weight is 729 g/mol. The van der Waals surface area contributed by atoms with E-state index in [1.165, 1.54) is 6.07 Å². The zero-order valence-corrected chi connectivity index (χ0v) is 31.1. The van der Waals surface area contributed by atoms with E-state index in [2.05, 4.69) is 21.6 Å². The number of alkyl halides is 1. The van der Waals surface area contributed by atoms with Gasteiger partial charge in [-0.1, -0.05) is 26.3 Å². The molecule has 2 aromatic heterocycles. The highest BCUT2D eigenvalue weighted by Crippen LogP contribution is 2.42. The van der Waals surface area contributed by atoms with E-state index in [-0.39, 0.29) is 29.0 Å². The molecule has 0 saturated carbocycles. The first kappa shape index (κ1) is 35.5. The number of phenols is 1. The van der Waals surface area contributed by atoms with Crippen molar-refractivity contribution in [1.82, 2.24) is 29.5 Å². The fraction of sp³-hybridized carbons (Fsp3) is 0.550. The fourth-order valence-corrected chi connectivity index (χ4v) is 9.08. The minimum absolute atomic E-state index is 0.0749. The Balaban J connectivity index is 1.15. The van der Waals surface area contributed by atoms with Gasteiger partial charge in [0.05, 0.1) is 30.0 Å². The van der Waals surface area contributed by atoms with Crippen molar-refractivity contribution in [1.29, 1.82) is 0 Å². The minimum Gasteiger partial charge on any atom is -0.508 e. The number of nitrogens with zero attached hydrogens (tertiary/aromatic N) is 8. The smallest absolute Gasteiger partial charge is 0.318 e. The maximum atomic E-state index is 15.1. The number of aryl methyl sites for hydroxylation is 2. The van der Waals surface area contributed by atoms with Crippen LogP contribution in [0.3, 0.4) is 0 Å². The van der Waals surface area contributed by atoms with E-state index in [0.717, 1.165) is 84.4 Å². The van der Waals surface area contributed by atoms with Gasteiger partial charge in [0.2, 0.25) is 0 Å². The standard InChI is InChI=1S/C40H50F2N8O3/c1-4-6-13-46(3)38(52)33-19-28-23-48(14-8-16-50(28)45-33)37-31-11-17-47(35-20-29(51)18-26-9-10-32(42)30(5-2)36(26)35)24-34(31)43-39(44-37)53-25-40-12-7-15-49(40)22-27(41)21-40/h9-10,18-20,27,51H,4-8,11-17,21-25H2,1-3H3/t27-,40+/m1/s1. The molecular weight excluding hydrogens is 678 g/mol. The summed E-state index contributed by atoms with van der Waals surface area (Å²) in [6.07, 6.45) is 5.38. The van der Waals surface area contributed by atoms with Gasteiger partial charge in [-0.05, 0) is 74.2 Å². The number of halogens is 2. The molecule has 4 aliphatic rings. The summed E-state index contributed by atoms with van der Waals surface area (Å²) in [7, 11) is 1.83. The summed E-state index contributed by atoms with van der Waals surface area (Å²) in [5.74, 6) is 0.585. The lowest BCUT2D eigenvalue weighted by Crippen LogP contribution is -2.43. The average Bonchev–Trinajstić information content (AvgIpc) is 3.78. The van der Waals surface area contributed by atoms with Gasteiger partial charge in [0.1, 0.15) is 30.2 Å². The Bertz CT molecular complexity index is 2020. The van der Waals surface area contributed by atoms with Crippen molar-refractivity contribution in [3.05, 3.63) is 64.4 Å². The second-order valence-electron chi connectivity index (χ2n) is 15.3. The van der Waals surface area contributed by atoms with Crippen LogP contribution in [0, 0.1) is 5.82 Å². The molecule has 2 aromatic carbocycles. The van der Waals surface area contributed by atoms with E-state index in [9.17, 15) is 14.3 Å². The van der Waals surface area contributed by atoms with E-state index in [4.69, 9.17) is 19.8 Å². The van der Waals surface area contributed by atoms with Crippen LogP contribution < -0.4 is 14.5 Å². The zero-order valence-electron chi connectivity index (χ0n) is 31.1. The Hall–Kier alpha value is -4.52. The van der Waals surface area contributed by atoms with Gasteiger partial charge in [-0.25, -0.2) is 8.78 Å². The number of fused-ring (bicyclic) bond motifs is 4. The number of aromatic nitrogens is 4. The lowest BCUT2D eigenvalue weighted by molar-refractivity contribution is 0.0786. The maximum Gasteiger partial charge on any atom is 0.318 e. The lowest BCUT2D eigenvalue weighted by atomic mass is 9.95. The van der Waals surface area contributed by atoms with Crippen LogP contribution in [-0.2, 0) is 32.5 Å². The monoisotopic (exact) mass is 728 g/mol. The number of amides is 1. The van der Waals surface area contributed by atoms with Crippen LogP contribution in [0.25, 0.3) is 10.8 Å². The van der Waals surface area contributed by atoms with Crippen LogP contribution in [0.15, 0.2) is 30.3 Å². The van der Waals surface area contributed by atoms with Gasteiger partial charge in [-0.3, -0.25) is 14.4 Å². The van der Waals surface area contributed by atoms with Crippen molar-refractivity contribution in [3.8, 4) is 11.8 Å². The van der Waals surface area contributed by atoms with Crippen LogP contribution in [0.1, 0.15) is 85.4 Å². The van der Waals surface area contributed by atoms with Gasteiger partial charge in [0, 0.05) is 68.9 Å². The number of carbonyl (C=O) groups excluding carboxylic acids is 1. The normalized spacial score (nSPS) is 21.4. The number of unbranched alkanes of at least 4 members (excludes halogenated alkanes) is 1. The molecule has 0 aliphatic carbocycles. The molecule has 4 aliphatic heterocycles. The number of hydrogen-bond acceptors (Lipinski definition) is 9. The molecule has 11 nitrogen and oxygen atoms in total. The first-order valence-electron chi connectivity index (χ1n) is 19.3. The fourth-order valence-electron chi connectivity index (χ4n) is 9.08. The number of aromatic hydroxyl groups is 1. The Morgan fingerprint density at radius 3 is 2.77 bits per heavy atom. The quantitative estimate of drug-likeness (QED) is 0.210. The summed E-state index contributed by atoms with van der Waals surface area (Å²) in [5.41, 5.74) is 4.27. The predicted molar refractivity (Wildman–Crippen MR) is 200 cm³/mol. The molecule has 1 N–H and O–H groups in total. The largest absolute Gasteiger partial charge is 0.508 e. The number of anilines is 2. The Morgan fingerprint density at radius 1 is 1.08 bits per heavy atom. The minimum atomic E-state index is -0.868. The highest BCUT2D eigenvalue weighted by Gasteiger charge is 2.49. The molecule has 282 valence electrons. The summed E-state index contributed by atoms with van der Waals surface area (Å²) in [6, 6.07) is 8.77. The van der Waals surface area contributed by atoms with Crippen LogP contribution in [-0.4, -0.2) is 98.7 Å². The van der Waals surface area contributed by atoms with E-state index in [0.29, 0.717) is 76.4 Å². The van der Waals surface area contributed by atoms with Gasteiger partial charge >= 0.3 is 6.01 Å². The third-order valence-corrected chi connectivity index (χ3v) is 11.8. The molecule has 2 saturated heterocycles. The second-order valence-corrected chi connectivity index (χ2v) is 15.3. The molecule has 2 fully saturated rings. The molecule has 4 aromatic rings. The molecule has 0 unspecified atom stereocenters. The maximum absolute atomic E-state index is 15.1. The van der Waals surface area contributed by atoms with Gasteiger partial charge in [-0.15, -0.1) is 0 Å². The number of ether oxygens (including phenoxy) is 1. The van der Waals surface area contributed by atoms with Crippen molar-refractivity contribution >= 4 is 28.2 Å². The van der Waals surface area contributed by atoms with Crippen molar-refractivity contribution < 1.29 is 23.4 Å². The summed E-state index contributed by atoms with van der Waals surface area (Å²) < 4.78 is 38.2. The number of benzene rings is 2. The molecule has 0 spiro atoms. The first-order chi connectivity index (χ1) is 25.7. The molecule has 1 amide bonds. The SMILES string of the molecule is CCCCN(C)C(=O)c1cc2n(n1)CCCN(c1nc(OC[C@@]34CCCN3C[C@H](F)C4)nc3c1CCN(c1cc(O)cc4ccc(F)c(CC)c14)C3)C2. The molecule has 2 atom stereocenters. The topological polar surface area (TPSA) is 103 Å². The third-order valence-electron chi connectivity index (χ3n) is 11.8. The van der Waals surface area contributed by atoms with Gasteiger partial charge in [0.15, 0.2) is 5.69 Å². The Morgan fingerprint density at radius 2 is 1.94 bits per heavy atom. The van der Waals surface area contributed by atoms with Crippen LogP contribution >= 0.6 is 0 Å². The Kier molecular flexibility index (Phi) is 9.63. The zero-order chi connectivity index (χ0) is 36.9. The first-order valence-corrected chi connectivity index (χ1v) is 19.3. The van der Waals surface area contributed by atoms with Crippen molar-refractivity contribution in [3.63, 3.8) is 0 Å². The van der Waals surface area contributed by atoms with Gasteiger partial charge in [0.25, 0.3) is 5.91 Å². The van der Waals surface area contributed by atoms with Crippen LogP contribution in [0.4, 0.5) is 20.3 Å². The van der Waals surface area contributed by atoms with Crippen LogP contribution in [0.2, 0.25) is 0 Å². The predicted octanol–water partition coefficient (Wildman–Crippen LogP) is 6.03. The molecule has 13 heteroatoms. The number of rotatable bonds is 10. The van der Waals surface area contributed by atoms with E-state index in [1.54, 1.807) is 23.1 Å². The third kappa shape index (κ3) is 6.65. The van der Waals surface area contributed by atoms with Crippen molar-refractivity contribution in [2.24, 2.45) is 0 Å². The van der Waals surface area contributed by atoms with E-state index in [1.807, 2.05) is 24.7 Å². The number of hydrogen-bond donors (Lipinski definition) is 1. The molecular formula is C40H50F2N8O3. The summed E-state index contributed by atoms with van der Waals surface area (Å²) in [5, 5.41) is 17.1. The lowest BCUT2D eigenvalue weighted by Gasteiger charge is -2.35. The van der Waals surface area contributed by atoms with Crippen molar-refractivity contribution in [2.45, 2.75) is 96.6 Å². The second kappa shape index (κ2) is 14.4. The summed E-state index contributed by atoms with van der Waals surface area (Å²) in [6.45, 7) is 9.33. The van der Waals surface area contributed by atoms with Gasteiger partial charge in [-0.2, -0.15) is 15.1 Å². The van der Waals surface area contributed by atoms with Crippen LogP contribution in [0.5, 0.6) is 11.8 Å². The van der Waals surface area contributed by atoms with E-state index >= 15 is 4.39 Å². The molecule has 0 radical (unpaired) electrons. The summed E-state index contributed by atoms with van der Waals surface area (Å²) in [4.78, 5) is 31.8. The molecule has 8 rings (SSSR count). The molecule has 53 heavy (non-hydrogen) atoms. The van der Waals surface area contributed by atoms with E-state index < -0.39 is 6.17 Å². The summed E-state index contributed by atoms with van der Waals surface area (Å²) >= 11 is 0. The van der Waals surface area contributed by atoms with Gasteiger partial charge < -0.3 is 24.5 Å². The molecule has 0 bridgehead atoms. The highest BCUT2D eigenvalue weighted by molar-refractivity contribution is 5.98. The highest BCUT2D eigenvalue weighted by atomic mass is 19.1. The number of phenolic OH excluding ortho intramolecular Hbond substituents is 1. The van der Waals surface area contributed by atoms with Crippen molar-refractivity contribution in [2.75, 3.05) is 56.2 Å².